The molecule has 2 atom stereocenters. The van der Waals surface area contributed by atoms with Crippen LogP contribution in [0.4, 0.5) is 28.9 Å². The van der Waals surface area contributed by atoms with Crippen LogP contribution in [0.15, 0.2) is 66.7 Å². The number of amides is 1. The van der Waals surface area contributed by atoms with Crippen LogP contribution in [0.5, 0.6) is 5.75 Å². The molecule has 5 rings (SSSR count). The molecule has 1 amide bonds. The molecule has 1 saturated heterocycles. The fourth-order valence-corrected chi connectivity index (χ4v) is 5.30. The van der Waals surface area contributed by atoms with Gasteiger partial charge in [-0.1, -0.05) is 24.3 Å². The number of halogens is 4. The molecule has 0 aliphatic carbocycles. The van der Waals surface area contributed by atoms with Crippen molar-refractivity contribution in [2.75, 3.05) is 36.5 Å². The molecule has 0 bridgehead atoms. The molecular weight excluding hydrogens is 486 g/mol. The zero-order chi connectivity index (χ0) is 26.2. The largest absolute Gasteiger partial charge is 0.497 e. The lowest BCUT2D eigenvalue weighted by atomic mass is 9.82. The third-order valence-corrected chi connectivity index (χ3v) is 7.21. The average Bonchev–Trinajstić information content (AvgIpc) is 2.90. The Bertz CT molecular complexity index is 1300. The Morgan fingerprint density at radius 2 is 1.86 bits per heavy atom. The van der Waals surface area contributed by atoms with Gasteiger partial charge in [0.05, 0.1) is 24.6 Å². The lowest BCUT2D eigenvalue weighted by Crippen LogP contribution is -2.61. The summed E-state index contributed by atoms with van der Waals surface area (Å²) in [7, 11) is 1.60. The molecule has 9 heteroatoms. The second-order valence-corrected chi connectivity index (χ2v) is 9.37. The summed E-state index contributed by atoms with van der Waals surface area (Å²) < 4.78 is 59.8. The normalized spacial score (nSPS) is 19.2. The summed E-state index contributed by atoms with van der Waals surface area (Å²) >= 11 is 0. The lowest BCUT2D eigenvalue weighted by Gasteiger charge is -2.49. The average molecular weight is 514 g/mol. The number of piperazine rings is 1. The third kappa shape index (κ3) is 5.08. The van der Waals surface area contributed by atoms with E-state index in [1.54, 1.807) is 25.3 Å². The Labute approximate surface area is 212 Å². The zero-order valence-electron chi connectivity index (χ0n) is 20.3. The standard InChI is InChI=1S/C28H27F4N3O2/c1-37-22-7-4-6-21(15-22)34-11-12-35-25-10-9-20(28(30,31)32)13-19(25)14-23(26(35)17-34)27(36)33-16-18-5-2-3-8-24(18)29/h2-10,13,15,23,26H,11-12,14,16-17H2,1H3,(H,33,36)/t23-,26+/m1/s1. The van der Waals surface area contributed by atoms with Crippen molar-refractivity contribution in [3.63, 3.8) is 0 Å². The van der Waals surface area contributed by atoms with Crippen molar-refractivity contribution in [1.29, 1.82) is 0 Å². The molecule has 37 heavy (non-hydrogen) atoms. The number of benzene rings is 3. The number of alkyl halides is 3. The van der Waals surface area contributed by atoms with Gasteiger partial charge in [0.2, 0.25) is 5.91 Å². The minimum atomic E-state index is -4.47. The van der Waals surface area contributed by atoms with Crippen molar-refractivity contribution in [3.8, 4) is 5.75 Å². The van der Waals surface area contributed by atoms with Crippen LogP contribution in [0.1, 0.15) is 16.7 Å². The van der Waals surface area contributed by atoms with Crippen LogP contribution in [-0.4, -0.2) is 38.7 Å². The minimum absolute atomic E-state index is 0.00374. The molecule has 3 aromatic rings. The van der Waals surface area contributed by atoms with Gasteiger partial charge < -0.3 is 19.9 Å². The quantitative estimate of drug-likeness (QED) is 0.486. The summed E-state index contributed by atoms with van der Waals surface area (Å²) in [5.74, 6) is -0.632. The number of carbonyl (C=O) groups is 1. The Morgan fingerprint density at radius 1 is 1.05 bits per heavy atom. The van der Waals surface area contributed by atoms with Crippen molar-refractivity contribution in [1.82, 2.24) is 5.32 Å². The molecule has 2 aliphatic heterocycles. The van der Waals surface area contributed by atoms with Gasteiger partial charge in [0.15, 0.2) is 0 Å². The highest BCUT2D eigenvalue weighted by Crippen LogP contribution is 2.40. The van der Waals surface area contributed by atoms with E-state index in [0.29, 0.717) is 36.5 Å². The molecule has 1 N–H and O–H groups in total. The van der Waals surface area contributed by atoms with Crippen molar-refractivity contribution in [2.24, 2.45) is 5.92 Å². The van der Waals surface area contributed by atoms with Crippen LogP contribution >= 0.6 is 0 Å². The molecular formula is C28H27F4N3O2. The van der Waals surface area contributed by atoms with Crippen LogP contribution < -0.4 is 19.9 Å². The number of carbonyl (C=O) groups excluding carboxylic acids is 1. The minimum Gasteiger partial charge on any atom is -0.497 e. The van der Waals surface area contributed by atoms with Crippen LogP contribution in [0, 0.1) is 11.7 Å². The van der Waals surface area contributed by atoms with E-state index < -0.39 is 23.5 Å². The summed E-state index contributed by atoms with van der Waals surface area (Å²) in [4.78, 5) is 17.7. The Kier molecular flexibility index (Phi) is 6.70. The predicted octanol–water partition coefficient (Wildman–Crippen LogP) is 5.04. The van der Waals surface area contributed by atoms with Crippen molar-refractivity contribution in [2.45, 2.75) is 25.2 Å². The first-order chi connectivity index (χ1) is 17.7. The van der Waals surface area contributed by atoms with Gasteiger partial charge in [0.25, 0.3) is 0 Å². The van der Waals surface area contributed by atoms with Crippen molar-refractivity contribution >= 4 is 17.3 Å². The van der Waals surface area contributed by atoms with Gasteiger partial charge in [0, 0.05) is 49.2 Å². The van der Waals surface area contributed by atoms with E-state index in [1.165, 1.54) is 12.1 Å². The van der Waals surface area contributed by atoms with E-state index in [1.807, 2.05) is 29.2 Å². The second kappa shape index (κ2) is 9.95. The molecule has 0 saturated carbocycles. The molecule has 5 nitrogen and oxygen atoms in total. The van der Waals surface area contributed by atoms with Crippen LogP contribution in [-0.2, 0) is 23.9 Å². The van der Waals surface area contributed by atoms with E-state index in [2.05, 4.69) is 10.2 Å². The van der Waals surface area contributed by atoms with Gasteiger partial charge in [0.1, 0.15) is 11.6 Å². The van der Waals surface area contributed by atoms with Crippen LogP contribution in [0.3, 0.4) is 0 Å². The summed E-state index contributed by atoms with van der Waals surface area (Å²) in [5.41, 5.74) is 1.78. The smallest absolute Gasteiger partial charge is 0.416 e. The first-order valence-corrected chi connectivity index (χ1v) is 12.1. The first-order valence-electron chi connectivity index (χ1n) is 12.1. The molecule has 0 spiro atoms. The molecule has 1 fully saturated rings. The number of anilines is 2. The zero-order valence-corrected chi connectivity index (χ0v) is 20.3. The predicted molar refractivity (Wildman–Crippen MR) is 133 cm³/mol. The maximum absolute atomic E-state index is 14.1. The molecule has 2 aliphatic rings. The number of nitrogens with zero attached hydrogens (tertiary/aromatic N) is 2. The van der Waals surface area contributed by atoms with Crippen molar-refractivity contribution in [3.05, 3.63) is 89.2 Å². The van der Waals surface area contributed by atoms with Gasteiger partial charge in [-0.25, -0.2) is 4.39 Å². The molecule has 0 unspecified atom stereocenters. The van der Waals surface area contributed by atoms with Gasteiger partial charge in [-0.3, -0.25) is 4.79 Å². The Hall–Kier alpha value is -3.75. The maximum Gasteiger partial charge on any atom is 0.416 e. The van der Waals surface area contributed by atoms with Gasteiger partial charge in [-0.15, -0.1) is 0 Å². The fourth-order valence-electron chi connectivity index (χ4n) is 5.30. The summed E-state index contributed by atoms with van der Waals surface area (Å²) in [6.45, 7) is 1.68. The highest BCUT2D eigenvalue weighted by Gasteiger charge is 2.42. The van der Waals surface area contributed by atoms with Gasteiger partial charge in [-0.2, -0.15) is 13.2 Å². The third-order valence-electron chi connectivity index (χ3n) is 7.21. The topological polar surface area (TPSA) is 44.8 Å². The number of hydrogen-bond donors (Lipinski definition) is 1. The first kappa shape index (κ1) is 24.9. The summed E-state index contributed by atoms with van der Waals surface area (Å²) in [6, 6.07) is 17.3. The number of ether oxygens (including phenoxy) is 1. The van der Waals surface area contributed by atoms with E-state index in [4.69, 9.17) is 4.74 Å². The fraction of sp³-hybridized carbons (Fsp3) is 0.321. The SMILES string of the molecule is COc1cccc(N2CCN3c4ccc(C(F)(F)F)cc4C[C@@H](C(=O)NCc4ccccc4F)[C@@H]3C2)c1. The van der Waals surface area contributed by atoms with E-state index in [9.17, 15) is 22.4 Å². The highest BCUT2D eigenvalue weighted by molar-refractivity contribution is 5.82. The molecule has 194 valence electrons. The highest BCUT2D eigenvalue weighted by atomic mass is 19.4. The number of nitrogens with one attached hydrogen (secondary N) is 1. The number of methoxy groups -OCH3 is 1. The summed E-state index contributed by atoms with van der Waals surface area (Å²) in [6.07, 6.45) is -4.31. The number of rotatable bonds is 5. The van der Waals surface area contributed by atoms with Crippen LogP contribution in [0.2, 0.25) is 0 Å². The molecule has 0 aromatic heterocycles. The molecule has 0 radical (unpaired) electrons. The number of fused-ring (bicyclic) bond motifs is 3. The van der Waals surface area contributed by atoms with Gasteiger partial charge in [-0.05, 0) is 48.4 Å². The Morgan fingerprint density at radius 3 is 2.62 bits per heavy atom. The van der Waals surface area contributed by atoms with E-state index >= 15 is 0 Å². The molecule has 2 heterocycles. The monoisotopic (exact) mass is 513 g/mol. The second-order valence-electron chi connectivity index (χ2n) is 9.37. The van der Waals surface area contributed by atoms with Crippen LogP contribution in [0.25, 0.3) is 0 Å². The van der Waals surface area contributed by atoms with E-state index in [-0.39, 0.29) is 24.9 Å². The lowest BCUT2D eigenvalue weighted by molar-refractivity contribution is -0.137. The van der Waals surface area contributed by atoms with E-state index in [0.717, 1.165) is 23.5 Å². The van der Waals surface area contributed by atoms with Gasteiger partial charge >= 0.3 is 6.18 Å². The maximum atomic E-state index is 14.1. The van der Waals surface area contributed by atoms with Crippen molar-refractivity contribution < 1.29 is 27.1 Å². The molecule has 3 aromatic carbocycles. The summed E-state index contributed by atoms with van der Waals surface area (Å²) in [5, 5.41) is 2.82. The number of hydrogen-bond acceptors (Lipinski definition) is 4. The Balaban J connectivity index is 1.45.